The van der Waals surface area contributed by atoms with Crippen LogP contribution in [-0.2, 0) is 15.1 Å². The molecular formula is C52H34Cl2N2P2RuS+4. The Morgan fingerprint density at radius 1 is 0.483 bits per heavy atom. The van der Waals surface area contributed by atoms with Crippen LogP contribution < -0.4 is 22.1 Å². The second-order valence-corrected chi connectivity index (χ2v) is 18.7. The molecule has 2 atom stereocenters. The molecule has 0 spiro atoms. The third-order valence-electron chi connectivity index (χ3n) is 7.32. The first-order chi connectivity index (χ1) is 29.2. The van der Waals surface area contributed by atoms with Crippen LogP contribution >= 0.6 is 47.0 Å². The molecule has 0 bridgehead atoms. The number of hydrogen-bond acceptors (Lipinski definition) is 3. The molecule has 0 fully saturated rings. The maximum atomic E-state index is 6.15. The standard InChI is InChI=1S/C38H16P2S.C14H16N2.2ClH.Ru/c1-7-11-15-19-27-39(28-20-16-12-8-2)35-31-33(5)23-25-37(35)41-38-26-24-34(6)32-36(38)40(29-21-17-13-9-3)30-22-18-14-10-4;15-13(11-7-3-1-4-8-11)14(16)12-9-5-2-6-10-12;;;/h1-4,23-26,31-32H,5-6H3;1-10,13-14H,15-16H2;2*1H;/q;;;;+4. The van der Waals surface area contributed by atoms with Gasteiger partial charge in [-0.05, 0) is 108 Å². The second-order valence-electron chi connectivity index (χ2n) is 11.4. The zero-order chi connectivity index (χ0) is 43.8. The van der Waals surface area contributed by atoms with E-state index in [1.165, 1.54) is 0 Å². The monoisotopic (exact) mass is 952 g/mol. The molecule has 60 heavy (non-hydrogen) atoms. The summed E-state index contributed by atoms with van der Waals surface area (Å²) in [6.45, 7) is 4.04. The Balaban J connectivity index is 0.000000535. The van der Waals surface area contributed by atoms with Crippen LogP contribution in [0.2, 0.25) is 0 Å². The van der Waals surface area contributed by atoms with E-state index < -0.39 is 15.8 Å². The van der Waals surface area contributed by atoms with Gasteiger partial charge in [0.15, 0.2) is 15.8 Å². The van der Waals surface area contributed by atoms with Crippen LogP contribution in [0.5, 0.6) is 0 Å². The summed E-state index contributed by atoms with van der Waals surface area (Å²) in [6, 6.07) is 32.0. The van der Waals surface area contributed by atoms with Crippen molar-refractivity contribution >= 4 is 57.6 Å². The third-order valence-corrected chi connectivity index (χ3v) is 12.2. The predicted octanol–water partition coefficient (Wildman–Crippen LogP) is 8.29. The van der Waals surface area contributed by atoms with E-state index in [0.29, 0.717) is 0 Å². The Morgan fingerprint density at radius 3 is 1.07 bits per heavy atom. The molecule has 4 N–H and O–H groups in total. The van der Waals surface area contributed by atoms with E-state index in [1.807, 2.05) is 86.6 Å². The molecule has 2 nitrogen and oxygen atoms in total. The van der Waals surface area contributed by atoms with Crippen LogP contribution in [0.3, 0.4) is 0 Å². The van der Waals surface area contributed by atoms with Gasteiger partial charge in [0.1, 0.15) is 33.3 Å². The van der Waals surface area contributed by atoms with Crippen molar-refractivity contribution in [3.63, 3.8) is 0 Å². The van der Waals surface area contributed by atoms with Crippen LogP contribution in [0.25, 0.3) is 0 Å². The molecular weight excluding hydrogens is 919 g/mol. The first-order valence-electron chi connectivity index (χ1n) is 17.2. The molecule has 0 aliphatic carbocycles. The number of hydrogen-bond donors (Lipinski definition) is 2. The van der Waals surface area contributed by atoms with Gasteiger partial charge in [-0.25, -0.2) is 0 Å². The van der Waals surface area contributed by atoms with Crippen molar-refractivity contribution in [2.75, 3.05) is 0 Å². The van der Waals surface area contributed by atoms with Gasteiger partial charge < -0.3 is 11.5 Å². The van der Waals surface area contributed by atoms with E-state index in [0.717, 1.165) is 42.7 Å². The summed E-state index contributed by atoms with van der Waals surface area (Å²) in [5.41, 5.74) is 29.4. The Kier molecular flexibility index (Phi) is 25.8. The van der Waals surface area contributed by atoms with E-state index in [9.17, 15) is 0 Å². The van der Waals surface area contributed by atoms with E-state index in [1.54, 1.807) is 11.8 Å². The summed E-state index contributed by atoms with van der Waals surface area (Å²) >= 11 is 1.25. The van der Waals surface area contributed by atoms with Gasteiger partial charge in [-0.3, -0.25) is 0 Å². The Bertz CT molecular complexity index is 2510. The van der Waals surface area contributed by atoms with Crippen molar-refractivity contribution in [1.82, 2.24) is 0 Å². The van der Waals surface area contributed by atoms with Crippen molar-refractivity contribution in [3.05, 3.63) is 119 Å². The van der Waals surface area contributed by atoms with E-state index in [-0.39, 0.29) is 27.2 Å². The Labute approximate surface area is 379 Å². The number of terminal acetylenes is 4. The first kappa shape index (κ1) is 50.1. The topological polar surface area (TPSA) is 52.0 Å². The number of nitrogens with two attached hydrogens (primary N) is 2. The number of benzene rings is 4. The maximum absolute atomic E-state index is 6.15. The molecule has 8 heteroatoms. The molecule has 0 saturated carbocycles. The van der Waals surface area contributed by atoms with Crippen LogP contribution in [0, 0.1) is 157 Å². The number of rotatable bonds is 7. The van der Waals surface area contributed by atoms with Crippen LogP contribution in [-0.4, -0.2) is 0 Å². The normalized spacial score (nSPS) is 9.33. The van der Waals surface area contributed by atoms with Gasteiger partial charge in [-0.1, -0.05) is 84.6 Å². The molecule has 0 aromatic heterocycles. The van der Waals surface area contributed by atoms with Crippen molar-refractivity contribution in [1.29, 1.82) is 0 Å². The molecule has 2 unspecified atom stereocenters. The van der Waals surface area contributed by atoms with Crippen molar-refractivity contribution in [2.45, 2.75) is 35.7 Å². The molecule has 0 aliphatic rings. The Hall–Kier alpha value is -6.07. The van der Waals surface area contributed by atoms with Crippen molar-refractivity contribution in [2.24, 2.45) is 11.5 Å². The Morgan fingerprint density at radius 2 is 0.783 bits per heavy atom. The van der Waals surface area contributed by atoms with Crippen molar-refractivity contribution < 1.29 is 15.1 Å². The molecule has 0 aliphatic heterocycles. The molecule has 0 amide bonds. The average Bonchev–Trinajstić information content (AvgIpc) is 3.27. The van der Waals surface area contributed by atoms with Gasteiger partial charge in [-0.2, -0.15) is 0 Å². The summed E-state index contributed by atoms with van der Waals surface area (Å²) in [5.74, 6) is 41.2. The second kappa shape index (κ2) is 30.9. The third kappa shape index (κ3) is 19.1. The predicted molar refractivity (Wildman–Crippen MR) is 258 cm³/mol. The van der Waals surface area contributed by atoms with Crippen LogP contribution in [0.1, 0.15) is 34.3 Å². The van der Waals surface area contributed by atoms with Gasteiger partial charge in [-0.15, -0.1) is 25.7 Å². The molecule has 0 saturated heterocycles. The van der Waals surface area contributed by atoms with E-state index in [2.05, 4.69) is 142 Å². The van der Waals surface area contributed by atoms with Gasteiger partial charge in [0.2, 0.25) is 0 Å². The average molecular weight is 953 g/mol. The van der Waals surface area contributed by atoms with Crippen molar-refractivity contribution in [3.8, 4) is 143 Å². The minimum atomic E-state index is -1.74. The van der Waals surface area contributed by atoms with Gasteiger partial charge >= 0.3 is 34.5 Å². The molecule has 0 heterocycles. The number of halogens is 2. The fourth-order valence-electron chi connectivity index (χ4n) is 4.72. The molecule has 4 rings (SSSR count). The molecule has 4 aromatic rings. The molecule has 286 valence electrons. The molecule has 0 radical (unpaired) electrons. The van der Waals surface area contributed by atoms with Gasteiger partial charge in [0.25, 0.3) is 0 Å². The first-order valence-corrected chi connectivity index (χ1v) is 25.5. The van der Waals surface area contributed by atoms with Crippen LogP contribution in [0.15, 0.2) is 107 Å². The zero-order valence-electron chi connectivity index (χ0n) is 32.4. The summed E-state index contributed by atoms with van der Waals surface area (Å²) in [5, 5.41) is 2.00. The summed E-state index contributed by atoms with van der Waals surface area (Å²) in [7, 11) is 6.22. The minimum absolute atomic E-state index is 0.163. The summed E-state index contributed by atoms with van der Waals surface area (Å²) in [6.07, 6.45) is 21.0. The van der Waals surface area contributed by atoms with E-state index >= 15 is 0 Å². The fourth-order valence-corrected chi connectivity index (χ4v) is 9.30. The molecule has 4 aromatic carbocycles. The van der Waals surface area contributed by atoms with Gasteiger partial charge in [0.05, 0.1) is 9.79 Å². The zero-order valence-corrected chi connectivity index (χ0v) is 38.4. The number of aryl methyl sites for hydroxylation is 2. The summed E-state index contributed by atoms with van der Waals surface area (Å²) < 4.78 is 0. The van der Waals surface area contributed by atoms with Gasteiger partial charge in [0, 0.05) is 59.4 Å². The van der Waals surface area contributed by atoms with Crippen LogP contribution in [0.4, 0.5) is 0 Å². The van der Waals surface area contributed by atoms with E-state index in [4.69, 9.17) is 56.5 Å². The quantitative estimate of drug-likeness (QED) is 0.112. The SMILES string of the molecule is C#CC#CC#C[PH+](C#CC#CC#C)c1cc(C)ccc1Sc1ccc(C)cc1[PH+](C#CC#CC#C)C#CC#CC#C.NC(c1ccccc1)C(N)c1ccccc1.[Cl][Ru+2][Cl]. The summed E-state index contributed by atoms with van der Waals surface area (Å²) in [4.78, 5) is 1.99. The fraction of sp³-hybridized carbons (Fsp3) is 0.0769.